The van der Waals surface area contributed by atoms with Crippen LogP contribution in [0.25, 0.3) is 17.1 Å². The van der Waals surface area contributed by atoms with Crippen LogP contribution in [0.15, 0.2) is 42.0 Å². The average Bonchev–Trinajstić information content (AvgIpc) is 2.96. The fourth-order valence-electron chi connectivity index (χ4n) is 2.54. The Morgan fingerprint density at radius 3 is 2.75 bits per heavy atom. The van der Waals surface area contributed by atoms with E-state index in [2.05, 4.69) is 15.1 Å². The number of phenolic OH excluding ortho intramolecular Hbond substituents is 1. The van der Waals surface area contributed by atoms with Crippen LogP contribution in [0.3, 0.4) is 0 Å². The first-order valence-corrected chi connectivity index (χ1v) is 7.27. The van der Waals surface area contributed by atoms with E-state index in [1.807, 2.05) is 19.9 Å². The normalized spacial score (nSPS) is 10.6. The summed E-state index contributed by atoms with van der Waals surface area (Å²) in [5, 5.41) is 13.0. The van der Waals surface area contributed by atoms with Crippen molar-refractivity contribution < 1.29 is 9.84 Å². The van der Waals surface area contributed by atoms with Crippen LogP contribution < -0.4 is 4.74 Å². The first-order chi connectivity index (χ1) is 11.5. The number of aryl methyl sites for hydroxylation is 2. The van der Waals surface area contributed by atoms with Gasteiger partial charge in [0, 0.05) is 36.3 Å². The number of nitrogens with zero attached hydrogens (tertiary/aromatic N) is 4. The molecule has 24 heavy (non-hydrogen) atoms. The standard InChI is InChI=1S/C17H16N4O3/c1-10-4-5-18-8-13(10)17-19-11(2)9-21(17)14-6-12(24-3)7-15(22)16(14)20-23/h4-9,22H,1-3H3. The minimum absolute atomic E-state index is 0.0732. The van der Waals surface area contributed by atoms with E-state index in [0.717, 1.165) is 16.8 Å². The molecular formula is C17H16N4O3. The van der Waals surface area contributed by atoms with Gasteiger partial charge in [0.25, 0.3) is 0 Å². The van der Waals surface area contributed by atoms with Gasteiger partial charge in [-0.25, -0.2) is 4.98 Å². The third kappa shape index (κ3) is 2.60. The highest BCUT2D eigenvalue weighted by Crippen LogP contribution is 2.39. The first kappa shape index (κ1) is 15.7. The molecule has 0 aliphatic rings. The van der Waals surface area contributed by atoms with Gasteiger partial charge in [0.1, 0.15) is 11.6 Å². The molecule has 0 unspecified atom stereocenters. The van der Waals surface area contributed by atoms with Crippen LogP contribution in [0.1, 0.15) is 11.3 Å². The number of methoxy groups -OCH3 is 1. The lowest BCUT2D eigenvalue weighted by Gasteiger charge is -2.13. The number of nitroso groups, excluding NO2 is 1. The molecular weight excluding hydrogens is 308 g/mol. The molecule has 0 spiro atoms. The van der Waals surface area contributed by atoms with Crippen LogP contribution in [0, 0.1) is 18.8 Å². The Hall–Kier alpha value is -3.22. The predicted molar refractivity (Wildman–Crippen MR) is 89.9 cm³/mol. The van der Waals surface area contributed by atoms with Gasteiger partial charge in [0.2, 0.25) is 0 Å². The molecule has 2 heterocycles. The molecule has 0 radical (unpaired) electrons. The first-order valence-electron chi connectivity index (χ1n) is 7.27. The Balaban J connectivity index is 2.31. The fraction of sp³-hybridized carbons (Fsp3) is 0.176. The molecule has 0 saturated heterocycles. The van der Waals surface area contributed by atoms with Crippen molar-refractivity contribution in [2.75, 3.05) is 7.11 Å². The number of benzene rings is 1. The minimum Gasteiger partial charge on any atom is -0.505 e. The SMILES string of the molecule is COc1cc(O)c(N=O)c(-n2cc(C)nc2-c2cnccc2C)c1. The summed E-state index contributed by atoms with van der Waals surface area (Å²) in [6.45, 7) is 3.80. The van der Waals surface area contributed by atoms with Gasteiger partial charge in [-0.05, 0) is 30.7 Å². The quantitative estimate of drug-likeness (QED) is 0.740. The number of aromatic nitrogens is 3. The minimum atomic E-state index is -0.250. The number of pyridine rings is 1. The maximum absolute atomic E-state index is 11.2. The molecule has 1 N–H and O–H groups in total. The Morgan fingerprint density at radius 2 is 2.08 bits per heavy atom. The summed E-state index contributed by atoms with van der Waals surface area (Å²) in [6, 6.07) is 4.86. The summed E-state index contributed by atoms with van der Waals surface area (Å²) in [7, 11) is 1.48. The Labute approximate surface area is 138 Å². The lowest BCUT2D eigenvalue weighted by Crippen LogP contribution is -1.99. The molecule has 122 valence electrons. The van der Waals surface area contributed by atoms with Gasteiger partial charge in [-0.1, -0.05) is 0 Å². The van der Waals surface area contributed by atoms with Crippen molar-refractivity contribution in [1.29, 1.82) is 0 Å². The van der Waals surface area contributed by atoms with Crippen LogP contribution in [0.5, 0.6) is 11.5 Å². The highest BCUT2D eigenvalue weighted by Gasteiger charge is 2.19. The number of hydrogen-bond donors (Lipinski definition) is 1. The van der Waals surface area contributed by atoms with Crippen LogP contribution in [-0.4, -0.2) is 26.8 Å². The lowest BCUT2D eigenvalue weighted by atomic mass is 10.1. The molecule has 2 aromatic heterocycles. The summed E-state index contributed by atoms with van der Waals surface area (Å²) in [5.74, 6) is 0.769. The van der Waals surface area contributed by atoms with Gasteiger partial charge < -0.3 is 9.84 Å². The summed E-state index contributed by atoms with van der Waals surface area (Å²) in [4.78, 5) is 19.9. The largest absolute Gasteiger partial charge is 0.505 e. The topological polar surface area (TPSA) is 89.6 Å². The Kier molecular flexibility index (Phi) is 3.99. The van der Waals surface area contributed by atoms with Crippen molar-refractivity contribution in [1.82, 2.24) is 14.5 Å². The van der Waals surface area contributed by atoms with Crippen LogP contribution in [-0.2, 0) is 0 Å². The summed E-state index contributed by atoms with van der Waals surface area (Å²) >= 11 is 0. The summed E-state index contributed by atoms with van der Waals surface area (Å²) in [5.41, 5.74) is 2.89. The van der Waals surface area contributed by atoms with E-state index in [-0.39, 0.29) is 11.4 Å². The molecule has 0 bridgehead atoms. The van der Waals surface area contributed by atoms with Crippen molar-refractivity contribution in [3.05, 3.63) is 53.0 Å². The monoisotopic (exact) mass is 324 g/mol. The van der Waals surface area contributed by atoms with Crippen molar-refractivity contribution in [3.8, 4) is 28.6 Å². The van der Waals surface area contributed by atoms with E-state index in [4.69, 9.17) is 4.74 Å². The van der Waals surface area contributed by atoms with Crippen molar-refractivity contribution >= 4 is 5.69 Å². The molecule has 3 aromatic rings. The number of ether oxygens (including phenoxy) is 1. The summed E-state index contributed by atoms with van der Waals surface area (Å²) in [6.07, 6.45) is 5.18. The van der Waals surface area contributed by atoms with Gasteiger partial charge >= 0.3 is 0 Å². The highest BCUT2D eigenvalue weighted by molar-refractivity contribution is 5.72. The second kappa shape index (κ2) is 6.11. The fourth-order valence-corrected chi connectivity index (χ4v) is 2.54. The second-order valence-electron chi connectivity index (χ2n) is 5.37. The van der Waals surface area contributed by atoms with Crippen molar-refractivity contribution in [2.45, 2.75) is 13.8 Å². The van der Waals surface area contributed by atoms with Gasteiger partial charge in [-0.3, -0.25) is 9.55 Å². The van der Waals surface area contributed by atoms with E-state index < -0.39 is 0 Å². The Bertz CT molecular complexity index is 918. The van der Waals surface area contributed by atoms with Crippen LogP contribution in [0.2, 0.25) is 0 Å². The number of aromatic hydroxyl groups is 1. The molecule has 1 aromatic carbocycles. The zero-order valence-electron chi connectivity index (χ0n) is 13.5. The van der Waals surface area contributed by atoms with Crippen molar-refractivity contribution in [3.63, 3.8) is 0 Å². The molecule has 0 amide bonds. The van der Waals surface area contributed by atoms with E-state index in [9.17, 15) is 10.0 Å². The van der Waals surface area contributed by atoms with Crippen molar-refractivity contribution in [2.24, 2.45) is 5.18 Å². The smallest absolute Gasteiger partial charge is 0.173 e. The van der Waals surface area contributed by atoms with Gasteiger partial charge in [0.05, 0.1) is 18.5 Å². The molecule has 7 heteroatoms. The van der Waals surface area contributed by atoms with E-state index >= 15 is 0 Å². The third-order valence-electron chi connectivity index (χ3n) is 3.74. The number of rotatable bonds is 4. The van der Waals surface area contributed by atoms with E-state index in [0.29, 0.717) is 17.3 Å². The van der Waals surface area contributed by atoms with Gasteiger partial charge in [-0.2, -0.15) is 0 Å². The van der Waals surface area contributed by atoms with Gasteiger partial charge in [-0.15, -0.1) is 4.91 Å². The maximum Gasteiger partial charge on any atom is 0.173 e. The molecule has 7 nitrogen and oxygen atoms in total. The van der Waals surface area contributed by atoms with E-state index in [1.54, 1.807) is 29.2 Å². The molecule has 0 aliphatic carbocycles. The molecule has 0 aliphatic heterocycles. The zero-order valence-corrected chi connectivity index (χ0v) is 13.5. The number of hydrogen-bond acceptors (Lipinski definition) is 6. The summed E-state index contributed by atoms with van der Waals surface area (Å²) < 4.78 is 6.89. The molecule has 0 fully saturated rings. The third-order valence-corrected chi connectivity index (χ3v) is 3.74. The molecule has 0 saturated carbocycles. The Morgan fingerprint density at radius 1 is 1.29 bits per heavy atom. The van der Waals surface area contributed by atoms with E-state index in [1.165, 1.54) is 13.2 Å². The number of phenols is 1. The van der Waals surface area contributed by atoms with Crippen LogP contribution >= 0.6 is 0 Å². The molecule has 0 atom stereocenters. The maximum atomic E-state index is 11.2. The second-order valence-corrected chi connectivity index (χ2v) is 5.37. The highest BCUT2D eigenvalue weighted by atomic mass is 16.5. The lowest BCUT2D eigenvalue weighted by molar-refractivity contribution is 0.407. The van der Waals surface area contributed by atoms with Gasteiger partial charge in [0.15, 0.2) is 11.4 Å². The molecule has 3 rings (SSSR count). The number of imidazole rings is 1. The zero-order chi connectivity index (χ0) is 17.3. The van der Waals surface area contributed by atoms with Crippen LogP contribution in [0.4, 0.5) is 5.69 Å². The predicted octanol–water partition coefficient (Wildman–Crippen LogP) is 3.66. The average molecular weight is 324 g/mol.